The van der Waals surface area contributed by atoms with Crippen molar-refractivity contribution in [3.05, 3.63) is 28.0 Å². The summed E-state index contributed by atoms with van der Waals surface area (Å²) < 4.78 is 28.1. The van der Waals surface area contributed by atoms with E-state index in [1.165, 1.54) is 12.3 Å². The van der Waals surface area contributed by atoms with Crippen LogP contribution in [0.5, 0.6) is 0 Å². The molecule has 0 radical (unpaired) electrons. The molecule has 1 rings (SSSR count). The van der Waals surface area contributed by atoms with Gasteiger partial charge in [0.25, 0.3) is 6.43 Å². The van der Waals surface area contributed by atoms with Gasteiger partial charge in [-0.1, -0.05) is 23.2 Å². The fourth-order valence-corrected chi connectivity index (χ4v) is 1.22. The van der Waals surface area contributed by atoms with E-state index in [0.29, 0.717) is 10.6 Å². The number of nitrogens with zero attached hydrogens (tertiary/aromatic N) is 1. The van der Waals surface area contributed by atoms with Crippen LogP contribution in [0.15, 0.2) is 12.3 Å². The van der Waals surface area contributed by atoms with Crippen LogP contribution in [0.3, 0.4) is 0 Å². The van der Waals surface area contributed by atoms with Crippen molar-refractivity contribution >= 4 is 23.2 Å². The molecule has 1 aromatic heterocycles. The van der Waals surface area contributed by atoms with Crippen LogP contribution in [0.25, 0.3) is 0 Å². The van der Waals surface area contributed by atoms with Gasteiger partial charge in [-0.25, -0.2) is 13.8 Å². The van der Waals surface area contributed by atoms with Crippen LogP contribution >= 0.6 is 23.2 Å². The number of ether oxygens (including phenoxy) is 1. The summed E-state index contributed by atoms with van der Waals surface area (Å²) in [5.41, 5.74) is 0.539. The maximum atomic E-state index is 11.7. The summed E-state index contributed by atoms with van der Waals surface area (Å²) >= 11 is 11.3. The Bertz CT molecular complexity index is 309. The van der Waals surface area contributed by atoms with Gasteiger partial charge in [-0.05, 0) is 6.07 Å². The van der Waals surface area contributed by atoms with Crippen LogP contribution in [0.2, 0.25) is 10.2 Å². The third-order valence-corrected chi connectivity index (χ3v) is 1.96. The maximum absolute atomic E-state index is 11.7. The molecule has 0 aromatic carbocycles. The first-order chi connectivity index (χ1) is 6.59. The molecule has 14 heavy (non-hydrogen) atoms. The Morgan fingerprint density at radius 3 is 2.71 bits per heavy atom. The van der Waals surface area contributed by atoms with E-state index in [2.05, 4.69) is 9.72 Å². The third-order valence-electron chi connectivity index (χ3n) is 1.40. The second-order valence-corrected chi connectivity index (χ2v) is 3.30. The van der Waals surface area contributed by atoms with E-state index in [1.54, 1.807) is 0 Å². The third kappa shape index (κ3) is 3.74. The topological polar surface area (TPSA) is 22.1 Å². The van der Waals surface area contributed by atoms with Crippen molar-refractivity contribution in [2.75, 3.05) is 6.61 Å². The van der Waals surface area contributed by atoms with E-state index in [9.17, 15) is 8.78 Å². The smallest absolute Gasteiger partial charge is 0.261 e. The minimum absolute atomic E-state index is 0.00728. The Labute approximate surface area is 89.8 Å². The normalized spacial score (nSPS) is 10.9. The molecule has 0 fully saturated rings. The molecule has 78 valence electrons. The van der Waals surface area contributed by atoms with E-state index in [-0.39, 0.29) is 11.8 Å². The Morgan fingerprint density at radius 2 is 2.14 bits per heavy atom. The number of alkyl halides is 2. The lowest BCUT2D eigenvalue weighted by Gasteiger charge is -2.05. The molecule has 0 saturated carbocycles. The van der Waals surface area contributed by atoms with Gasteiger partial charge in [-0.2, -0.15) is 0 Å². The Balaban J connectivity index is 2.51. The summed E-state index contributed by atoms with van der Waals surface area (Å²) in [7, 11) is 0. The zero-order valence-electron chi connectivity index (χ0n) is 7.01. The van der Waals surface area contributed by atoms with Crippen LogP contribution in [0.1, 0.15) is 5.56 Å². The van der Waals surface area contributed by atoms with Gasteiger partial charge in [0.2, 0.25) is 0 Å². The van der Waals surface area contributed by atoms with Crippen LogP contribution < -0.4 is 0 Å². The summed E-state index contributed by atoms with van der Waals surface area (Å²) in [6.07, 6.45) is -1.08. The van der Waals surface area contributed by atoms with Crippen LogP contribution in [0, 0.1) is 0 Å². The lowest BCUT2D eigenvalue weighted by molar-refractivity contribution is 0.00982. The molecule has 1 heterocycles. The van der Waals surface area contributed by atoms with Crippen molar-refractivity contribution in [2.24, 2.45) is 0 Å². The first kappa shape index (κ1) is 11.6. The molecule has 2 nitrogen and oxygen atoms in total. The number of pyridine rings is 1. The standard InChI is InChI=1S/C8H7Cl2F2NO/c9-6-1-7(10)13-2-5(6)3-14-4-8(11)12/h1-2,8H,3-4H2. The molecule has 0 N–H and O–H groups in total. The van der Waals surface area contributed by atoms with Gasteiger partial charge in [0.05, 0.1) is 11.6 Å². The lowest BCUT2D eigenvalue weighted by Crippen LogP contribution is -2.04. The molecular weight excluding hydrogens is 235 g/mol. The van der Waals surface area contributed by atoms with Gasteiger partial charge in [0.15, 0.2) is 0 Å². The van der Waals surface area contributed by atoms with Crippen molar-refractivity contribution in [3.63, 3.8) is 0 Å². The Morgan fingerprint density at radius 1 is 1.43 bits per heavy atom. The lowest BCUT2D eigenvalue weighted by atomic mass is 10.3. The second-order valence-electron chi connectivity index (χ2n) is 2.50. The molecule has 0 spiro atoms. The number of hydrogen-bond donors (Lipinski definition) is 0. The average molecular weight is 242 g/mol. The van der Waals surface area contributed by atoms with Gasteiger partial charge in [-0.3, -0.25) is 0 Å². The van der Waals surface area contributed by atoms with E-state index >= 15 is 0 Å². The second kappa shape index (κ2) is 5.44. The van der Waals surface area contributed by atoms with E-state index in [1.807, 2.05) is 0 Å². The maximum Gasteiger partial charge on any atom is 0.261 e. The van der Waals surface area contributed by atoms with Gasteiger partial charge >= 0.3 is 0 Å². The van der Waals surface area contributed by atoms with Crippen molar-refractivity contribution in [2.45, 2.75) is 13.0 Å². The highest BCUT2D eigenvalue weighted by atomic mass is 35.5. The fraction of sp³-hybridized carbons (Fsp3) is 0.375. The zero-order chi connectivity index (χ0) is 10.6. The molecule has 0 bridgehead atoms. The predicted octanol–water partition coefficient (Wildman–Crippen LogP) is 3.17. The Kier molecular flexibility index (Phi) is 4.51. The molecule has 0 aliphatic carbocycles. The monoisotopic (exact) mass is 241 g/mol. The van der Waals surface area contributed by atoms with Crippen molar-refractivity contribution in [1.82, 2.24) is 4.98 Å². The van der Waals surface area contributed by atoms with Gasteiger partial charge in [-0.15, -0.1) is 0 Å². The first-order valence-electron chi connectivity index (χ1n) is 3.75. The number of aromatic nitrogens is 1. The molecule has 6 heteroatoms. The summed E-state index contributed by atoms with van der Waals surface area (Å²) in [5, 5.41) is 0.617. The van der Waals surface area contributed by atoms with Gasteiger partial charge in [0, 0.05) is 11.8 Å². The summed E-state index contributed by atoms with van der Waals surface area (Å²) in [5.74, 6) is 0. The number of halogens is 4. The highest BCUT2D eigenvalue weighted by Crippen LogP contribution is 2.19. The molecule has 0 aliphatic rings. The van der Waals surface area contributed by atoms with Crippen LogP contribution in [-0.2, 0) is 11.3 Å². The quantitative estimate of drug-likeness (QED) is 0.756. The fourth-order valence-electron chi connectivity index (χ4n) is 0.800. The highest BCUT2D eigenvalue weighted by Gasteiger charge is 2.05. The average Bonchev–Trinajstić information content (AvgIpc) is 2.08. The summed E-state index contributed by atoms with van der Waals surface area (Å²) in [4.78, 5) is 3.75. The molecular formula is C8H7Cl2F2NO. The van der Waals surface area contributed by atoms with Crippen LogP contribution in [0.4, 0.5) is 8.78 Å². The zero-order valence-corrected chi connectivity index (χ0v) is 8.53. The minimum atomic E-state index is -2.48. The van der Waals surface area contributed by atoms with Crippen molar-refractivity contribution in [1.29, 1.82) is 0 Å². The SMILES string of the molecule is FC(F)COCc1cnc(Cl)cc1Cl. The van der Waals surface area contributed by atoms with Gasteiger partial charge < -0.3 is 4.74 Å². The van der Waals surface area contributed by atoms with E-state index in [4.69, 9.17) is 23.2 Å². The van der Waals surface area contributed by atoms with Crippen molar-refractivity contribution in [3.8, 4) is 0 Å². The Hall–Kier alpha value is -0.450. The largest absolute Gasteiger partial charge is 0.371 e. The molecule has 1 aromatic rings. The van der Waals surface area contributed by atoms with Crippen LogP contribution in [-0.4, -0.2) is 18.0 Å². The van der Waals surface area contributed by atoms with E-state index in [0.717, 1.165) is 0 Å². The predicted molar refractivity (Wildman–Crippen MR) is 49.9 cm³/mol. The molecule has 0 unspecified atom stereocenters. The molecule has 0 aliphatic heterocycles. The molecule has 0 saturated heterocycles. The summed E-state index contributed by atoms with van der Waals surface area (Å²) in [6, 6.07) is 1.43. The van der Waals surface area contributed by atoms with Gasteiger partial charge in [0.1, 0.15) is 11.8 Å². The molecule has 0 atom stereocenters. The minimum Gasteiger partial charge on any atom is -0.371 e. The first-order valence-corrected chi connectivity index (χ1v) is 4.51. The number of rotatable bonds is 4. The summed E-state index contributed by atoms with van der Waals surface area (Å²) in [6.45, 7) is -0.605. The van der Waals surface area contributed by atoms with E-state index < -0.39 is 13.0 Å². The van der Waals surface area contributed by atoms with Crippen molar-refractivity contribution < 1.29 is 13.5 Å². The highest BCUT2D eigenvalue weighted by molar-refractivity contribution is 6.34. The number of hydrogen-bond acceptors (Lipinski definition) is 2. The molecule has 0 amide bonds.